The molecule has 8 nitrogen and oxygen atoms in total. The van der Waals surface area contributed by atoms with Crippen LogP contribution in [0.3, 0.4) is 0 Å². The van der Waals surface area contributed by atoms with Gasteiger partial charge < -0.3 is 9.13 Å². The molecule has 0 aliphatic carbocycles. The van der Waals surface area contributed by atoms with E-state index in [0.717, 1.165) is 145 Å². The second-order valence-electron chi connectivity index (χ2n) is 23.1. The molecule has 0 atom stereocenters. The van der Waals surface area contributed by atoms with E-state index in [9.17, 15) is 0 Å². The minimum absolute atomic E-state index is 0.147. The summed E-state index contributed by atoms with van der Waals surface area (Å²) in [5.74, 6) is 0. The van der Waals surface area contributed by atoms with E-state index in [2.05, 4.69) is 58.2 Å². The molecule has 442 valence electrons. The normalized spacial score (nSPS) is 11.5. The molecule has 0 saturated carbocycles. The SMILES string of the molecule is [C-]#[N+]c1cc(-c2cc(-n3c4ccc(-c5ccc(-c6ccccc6)nc5)cc4c4cc(-c5ccc(-c6ccccc6)nc5)ccc43)c([N+]#[C-])cc2-n2c3ccc(-c4ccc(-c5ccccc5)nc4)cc3c3cc(-c4ccc(-c5ccccc5)nc4)ccc32)cc(C(F)(F)F)c1. The second kappa shape index (κ2) is 23.2. The molecule has 16 rings (SSSR count). The lowest BCUT2D eigenvalue weighted by Gasteiger charge is -2.20. The zero-order chi connectivity index (χ0) is 63.4. The maximum Gasteiger partial charge on any atom is 0.415 e. The Bertz CT molecular complexity index is 5400. The van der Waals surface area contributed by atoms with Crippen molar-refractivity contribution in [3.8, 4) is 112 Å². The van der Waals surface area contributed by atoms with Gasteiger partial charge in [0.2, 0.25) is 5.69 Å². The van der Waals surface area contributed by atoms with Crippen LogP contribution in [0.15, 0.2) is 298 Å². The van der Waals surface area contributed by atoms with E-state index in [1.807, 2.05) is 234 Å². The van der Waals surface area contributed by atoms with Gasteiger partial charge in [0.05, 0.1) is 63.7 Å². The molecule has 0 aliphatic rings. The zero-order valence-corrected chi connectivity index (χ0v) is 50.0. The number of nitrogens with zero attached hydrogens (tertiary/aromatic N) is 8. The topological polar surface area (TPSA) is 70.1 Å². The molecule has 11 heteroatoms. The van der Waals surface area contributed by atoms with E-state index in [-0.39, 0.29) is 16.9 Å². The fourth-order valence-corrected chi connectivity index (χ4v) is 12.9. The molecule has 94 heavy (non-hydrogen) atoms. The molecule has 0 radical (unpaired) electrons. The summed E-state index contributed by atoms with van der Waals surface area (Å²) in [7, 11) is 0. The predicted molar refractivity (Wildman–Crippen MR) is 373 cm³/mol. The molecule has 0 unspecified atom stereocenters. The smallest absolute Gasteiger partial charge is 0.319 e. The van der Waals surface area contributed by atoms with Crippen LogP contribution in [0.4, 0.5) is 24.5 Å². The third kappa shape index (κ3) is 10.3. The van der Waals surface area contributed by atoms with Crippen molar-refractivity contribution >= 4 is 55.0 Å². The van der Waals surface area contributed by atoms with Crippen LogP contribution in [0.1, 0.15) is 5.56 Å². The first-order chi connectivity index (χ1) is 46.1. The first kappa shape index (κ1) is 56.4. The molecular formula is C83H49F3N8. The standard InChI is InChI=1S/C83H49F3N8/c1-87-66-40-64(39-65(45-66)83(84,85)86)67-46-82(94-79-37-29-58(62-25-33-74(91-50-62)54-19-11-5-12-20-54)43-70(79)71-44-59(30-38-80(71)94)63-26-34-75(92-51-63)55-21-13-6-14-22-55)76(88-2)47-81(67)93-77-35-27-56(60-23-31-72(89-48-60)52-15-7-3-8-16-52)41-68(77)69-42-57(28-36-78(69)93)61-24-32-73(90-49-61)53-17-9-4-10-18-53/h3-51H. The summed E-state index contributed by atoms with van der Waals surface area (Å²) in [6, 6.07) is 88.2. The molecule has 0 aliphatic heterocycles. The maximum absolute atomic E-state index is 15.3. The molecule has 0 bridgehead atoms. The number of hydrogen-bond donors (Lipinski definition) is 0. The average molecular weight is 1220 g/mol. The van der Waals surface area contributed by atoms with Crippen molar-refractivity contribution in [1.82, 2.24) is 29.1 Å². The van der Waals surface area contributed by atoms with Crippen molar-refractivity contribution in [2.75, 3.05) is 0 Å². The van der Waals surface area contributed by atoms with E-state index < -0.39 is 11.7 Å². The van der Waals surface area contributed by atoms with Crippen LogP contribution in [-0.2, 0) is 6.18 Å². The van der Waals surface area contributed by atoms with Gasteiger partial charge >= 0.3 is 6.18 Å². The number of hydrogen-bond acceptors (Lipinski definition) is 4. The van der Waals surface area contributed by atoms with Crippen molar-refractivity contribution in [3.63, 3.8) is 0 Å². The van der Waals surface area contributed by atoms with Gasteiger partial charge in [-0.3, -0.25) is 19.9 Å². The molecule has 16 aromatic rings. The summed E-state index contributed by atoms with van der Waals surface area (Å²) in [5.41, 5.74) is 18.0. The first-order valence-corrected chi connectivity index (χ1v) is 30.5. The molecule has 6 aromatic heterocycles. The lowest BCUT2D eigenvalue weighted by Crippen LogP contribution is -2.06. The van der Waals surface area contributed by atoms with Crippen molar-refractivity contribution in [1.29, 1.82) is 0 Å². The summed E-state index contributed by atoms with van der Waals surface area (Å²) < 4.78 is 49.9. The highest BCUT2D eigenvalue weighted by molar-refractivity contribution is 6.14. The minimum atomic E-state index is -4.80. The summed E-state index contributed by atoms with van der Waals surface area (Å²) in [4.78, 5) is 27.5. The van der Waals surface area contributed by atoms with Crippen LogP contribution < -0.4 is 0 Å². The van der Waals surface area contributed by atoms with E-state index >= 15 is 13.2 Å². The van der Waals surface area contributed by atoms with Crippen LogP contribution in [-0.4, -0.2) is 29.1 Å². The van der Waals surface area contributed by atoms with Gasteiger partial charge in [-0.25, -0.2) is 9.69 Å². The zero-order valence-electron chi connectivity index (χ0n) is 50.0. The van der Waals surface area contributed by atoms with Gasteiger partial charge in [0.1, 0.15) is 0 Å². The quantitative estimate of drug-likeness (QED) is 0.121. The number of rotatable bonds is 11. The molecule has 0 amide bonds. The highest BCUT2D eigenvalue weighted by Crippen LogP contribution is 2.47. The van der Waals surface area contributed by atoms with Crippen LogP contribution >= 0.6 is 0 Å². The molecule has 0 fully saturated rings. The Balaban J connectivity index is 0.923. The van der Waals surface area contributed by atoms with Crippen molar-refractivity contribution < 1.29 is 13.2 Å². The Labute approximate surface area is 538 Å². The largest absolute Gasteiger partial charge is 0.415 e. The van der Waals surface area contributed by atoms with E-state index in [4.69, 9.17) is 33.1 Å². The maximum atomic E-state index is 15.3. The van der Waals surface area contributed by atoms with E-state index in [1.165, 1.54) is 6.07 Å². The fraction of sp³-hybridized carbons (Fsp3) is 0.0120. The van der Waals surface area contributed by atoms with Crippen molar-refractivity contribution in [2.24, 2.45) is 0 Å². The molecule has 0 spiro atoms. The summed E-state index contributed by atoms with van der Waals surface area (Å²) >= 11 is 0. The van der Waals surface area contributed by atoms with Gasteiger partial charge in [-0.05, 0) is 131 Å². The monoisotopic (exact) mass is 1210 g/mol. The Morgan fingerprint density at radius 3 is 0.915 bits per heavy atom. The Kier molecular flexibility index (Phi) is 13.9. The first-order valence-electron chi connectivity index (χ1n) is 30.5. The third-order valence-corrected chi connectivity index (χ3v) is 17.6. The number of alkyl halides is 3. The van der Waals surface area contributed by atoms with Gasteiger partial charge in [0, 0.05) is 108 Å². The number of aromatic nitrogens is 6. The van der Waals surface area contributed by atoms with Crippen LogP contribution in [0.2, 0.25) is 0 Å². The minimum Gasteiger partial charge on any atom is -0.319 e. The highest BCUT2D eigenvalue weighted by Gasteiger charge is 2.32. The Hall–Kier alpha value is -12.8. The Morgan fingerprint density at radius 1 is 0.287 bits per heavy atom. The van der Waals surface area contributed by atoms with E-state index in [0.29, 0.717) is 16.9 Å². The second-order valence-corrected chi connectivity index (χ2v) is 23.1. The number of benzene rings is 10. The average Bonchev–Trinajstić information content (AvgIpc) is 1.54. The summed E-state index contributed by atoms with van der Waals surface area (Å²) in [6.07, 6.45) is 2.69. The number of pyridine rings is 4. The van der Waals surface area contributed by atoms with Crippen LogP contribution in [0.5, 0.6) is 0 Å². The number of fused-ring (bicyclic) bond motifs is 6. The van der Waals surface area contributed by atoms with Gasteiger partial charge in [0.25, 0.3) is 0 Å². The summed E-state index contributed by atoms with van der Waals surface area (Å²) in [6.45, 7) is 17.3. The predicted octanol–water partition coefficient (Wildman–Crippen LogP) is 22.6. The van der Waals surface area contributed by atoms with Crippen LogP contribution in [0.25, 0.3) is 165 Å². The molecule has 0 saturated heterocycles. The van der Waals surface area contributed by atoms with Gasteiger partial charge in [-0.1, -0.05) is 170 Å². The van der Waals surface area contributed by atoms with Gasteiger partial charge in [-0.2, -0.15) is 13.2 Å². The molecular weight excluding hydrogens is 1170 g/mol. The number of halogens is 3. The third-order valence-electron chi connectivity index (χ3n) is 17.6. The van der Waals surface area contributed by atoms with E-state index in [1.54, 1.807) is 6.07 Å². The molecule has 0 N–H and O–H groups in total. The fourth-order valence-electron chi connectivity index (χ4n) is 12.9. The van der Waals surface area contributed by atoms with Gasteiger partial charge in [0.15, 0.2) is 5.69 Å². The van der Waals surface area contributed by atoms with Crippen molar-refractivity contribution in [3.05, 3.63) is 326 Å². The van der Waals surface area contributed by atoms with Gasteiger partial charge in [-0.15, -0.1) is 0 Å². The molecule has 6 heterocycles. The van der Waals surface area contributed by atoms with Crippen molar-refractivity contribution in [2.45, 2.75) is 6.18 Å². The Morgan fingerprint density at radius 2 is 0.617 bits per heavy atom. The molecule has 10 aromatic carbocycles. The lowest BCUT2D eigenvalue weighted by molar-refractivity contribution is -0.137. The summed E-state index contributed by atoms with van der Waals surface area (Å²) in [5, 5.41) is 3.44. The van der Waals surface area contributed by atoms with Crippen LogP contribution in [0, 0.1) is 13.1 Å². The lowest BCUT2D eigenvalue weighted by atomic mass is 9.98. The highest BCUT2D eigenvalue weighted by atomic mass is 19.4.